The molecule has 0 fully saturated rings. The van der Waals surface area contributed by atoms with E-state index in [0.717, 1.165) is 6.26 Å². The monoisotopic (exact) mass is 246 g/mol. The second-order valence-corrected chi connectivity index (χ2v) is 5.61. The maximum absolute atomic E-state index is 11.2. The zero-order chi connectivity index (χ0) is 12.3. The fraction of sp³-hybridized carbons (Fsp3) is 0.556. The van der Waals surface area contributed by atoms with Crippen molar-refractivity contribution < 1.29 is 17.9 Å². The molecule has 0 saturated carbocycles. The molecule has 1 aromatic heterocycles. The Hall–Kier alpha value is -1.37. The molecule has 0 aliphatic carbocycles. The lowest BCUT2D eigenvalue weighted by molar-refractivity contribution is -0.145. The molecule has 1 unspecified atom stereocenters. The van der Waals surface area contributed by atoms with Gasteiger partial charge in [-0.15, -0.1) is 0 Å². The number of aromatic nitrogens is 2. The summed E-state index contributed by atoms with van der Waals surface area (Å²) < 4.78 is 28.3. The van der Waals surface area contributed by atoms with Crippen LogP contribution < -0.4 is 0 Å². The van der Waals surface area contributed by atoms with E-state index in [1.807, 2.05) is 0 Å². The van der Waals surface area contributed by atoms with Crippen LogP contribution in [0.3, 0.4) is 0 Å². The van der Waals surface area contributed by atoms with Crippen LogP contribution in [-0.2, 0) is 25.9 Å². The minimum atomic E-state index is -3.24. The van der Waals surface area contributed by atoms with Crippen LogP contribution in [0.15, 0.2) is 17.3 Å². The second-order valence-electron chi connectivity index (χ2n) is 3.59. The van der Waals surface area contributed by atoms with E-state index in [4.69, 9.17) is 0 Å². The maximum atomic E-state index is 11.2. The molecule has 1 atom stereocenters. The molecule has 0 aliphatic rings. The van der Waals surface area contributed by atoms with Gasteiger partial charge >= 0.3 is 5.97 Å². The molecule has 0 saturated heterocycles. The lowest BCUT2D eigenvalue weighted by Crippen LogP contribution is -2.19. The number of sulfone groups is 1. The Morgan fingerprint density at radius 2 is 2.25 bits per heavy atom. The van der Waals surface area contributed by atoms with Crippen LogP contribution in [0.2, 0.25) is 0 Å². The van der Waals surface area contributed by atoms with Gasteiger partial charge in [0, 0.05) is 12.5 Å². The highest BCUT2D eigenvalue weighted by atomic mass is 32.2. The number of hydrogen-bond acceptors (Lipinski definition) is 5. The highest BCUT2D eigenvalue weighted by molar-refractivity contribution is 7.90. The number of ether oxygens (including phenoxy) is 1. The number of methoxy groups -OCH3 is 1. The van der Waals surface area contributed by atoms with Gasteiger partial charge in [-0.05, 0) is 0 Å². The van der Waals surface area contributed by atoms with Crippen LogP contribution in [0.5, 0.6) is 0 Å². The van der Waals surface area contributed by atoms with Crippen molar-refractivity contribution in [3.05, 3.63) is 12.4 Å². The van der Waals surface area contributed by atoms with Crippen molar-refractivity contribution in [3.63, 3.8) is 0 Å². The predicted molar refractivity (Wildman–Crippen MR) is 56.5 cm³/mol. The Bertz CT molecular complexity index is 477. The highest BCUT2D eigenvalue weighted by Crippen LogP contribution is 2.08. The van der Waals surface area contributed by atoms with E-state index in [0.29, 0.717) is 6.54 Å². The fourth-order valence-corrected chi connectivity index (χ4v) is 1.74. The smallest absolute Gasteiger partial charge is 0.310 e. The average molecular weight is 246 g/mol. The summed E-state index contributed by atoms with van der Waals surface area (Å²) in [5.41, 5.74) is 0. The predicted octanol–water partition coefficient (Wildman–Crippen LogP) is 0.0957. The third-order valence-corrected chi connectivity index (χ3v) is 3.17. The molecule has 16 heavy (non-hydrogen) atoms. The second kappa shape index (κ2) is 4.65. The largest absolute Gasteiger partial charge is 0.469 e. The van der Waals surface area contributed by atoms with Crippen molar-refractivity contribution in [2.24, 2.45) is 5.92 Å². The summed E-state index contributed by atoms with van der Waals surface area (Å²) in [4.78, 5) is 11.3. The average Bonchev–Trinajstić information content (AvgIpc) is 2.64. The molecule has 0 bridgehead atoms. The van der Waals surface area contributed by atoms with Gasteiger partial charge in [-0.3, -0.25) is 9.48 Å². The first-order valence-corrected chi connectivity index (χ1v) is 6.54. The molecule has 6 nitrogen and oxygen atoms in total. The zero-order valence-corrected chi connectivity index (χ0v) is 10.2. The number of carbonyl (C=O) groups excluding carboxylic acids is 1. The Balaban J connectivity index is 2.77. The molecule has 0 amide bonds. The van der Waals surface area contributed by atoms with E-state index in [1.165, 1.54) is 24.2 Å². The van der Waals surface area contributed by atoms with Gasteiger partial charge in [-0.2, -0.15) is 5.10 Å². The Morgan fingerprint density at radius 1 is 1.62 bits per heavy atom. The third kappa shape index (κ3) is 3.06. The summed E-state index contributed by atoms with van der Waals surface area (Å²) in [6, 6.07) is 0. The van der Waals surface area contributed by atoms with Crippen molar-refractivity contribution >= 4 is 15.8 Å². The fourth-order valence-electron chi connectivity index (χ4n) is 1.19. The molecule has 1 aromatic rings. The SMILES string of the molecule is COC(=O)C(C)Cn1cc(S(C)(=O)=O)cn1. The molecule has 90 valence electrons. The van der Waals surface area contributed by atoms with E-state index in [1.54, 1.807) is 6.92 Å². The van der Waals surface area contributed by atoms with Gasteiger partial charge in [-0.1, -0.05) is 6.92 Å². The Labute approximate surface area is 94.1 Å². The topological polar surface area (TPSA) is 78.3 Å². The van der Waals surface area contributed by atoms with Gasteiger partial charge in [0.15, 0.2) is 9.84 Å². The first kappa shape index (κ1) is 12.7. The summed E-state index contributed by atoms with van der Waals surface area (Å²) in [6.07, 6.45) is 3.77. The number of rotatable bonds is 4. The van der Waals surface area contributed by atoms with Gasteiger partial charge in [0.2, 0.25) is 0 Å². The normalized spacial score (nSPS) is 13.4. The van der Waals surface area contributed by atoms with Crippen molar-refractivity contribution in [2.45, 2.75) is 18.4 Å². The van der Waals surface area contributed by atoms with E-state index < -0.39 is 9.84 Å². The standard InChI is InChI=1S/C9H14N2O4S/c1-7(9(12)15-2)5-11-6-8(4-10-11)16(3,13)14/h4,6-7H,5H2,1-3H3. The lowest BCUT2D eigenvalue weighted by atomic mass is 10.2. The molecule has 1 rings (SSSR count). The number of esters is 1. The summed E-state index contributed by atoms with van der Waals surface area (Å²) in [5.74, 6) is -0.714. The Morgan fingerprint density at radius 3 is 2.69 bits per heavy atom. The highest BCUT2D eigenvalue weighted by Gasteiger charge is 2.16. The summed E-state index contributed by atoms with van der Waals surface area (Å²) in [7, 11) is -1.93. The maximum Gasteiger partial charge on any atom is 0.310 e. The molecule has 7 heteroatoms. The molecule has 1 heterocycles. The molecule has 0 radical (unpaired) electrons. The van der Waals surface area contributed by atoms with Crippen LogP contribution in [0.4, 0.5) is 0 Å². The molecular weight excluding hydrogens is 232 g/mol. The van der Waals surface area contributed by atoms with Gasteiger partial charge < -0.3 is 4.74 Å². The molecular formula is C9H14N2O4S. The summed E-state index contributed by atoms with van der Waals surface area (Å²) >= 11 is 0. The van der Waals surface area contributed by atoms with Crippen molar-refractivity contribution in [1.82, 2.24) is 9.78 Å². The van der Waals surface area contributed by atoms with Crippen LogP contribution in [-0.4, -0.2) is 37.5 Å². The van der Waals surface area contributed by atoms with Crippen molar-refractivity contribution in [2.75, 3.05) is 13.4 Å². The number of carbonyl (C=O) groups is 1. The minimum absolute atomic E-state index is 0.143. The lowest BCUT2D eigenvalue weighted by Gasteiger charge is -2.08. The number of nitrogens with zero attached hydrogens (tertiary/aromatic N) is 2. The first-order valence-electron chi connectivity index (χ1n) is 4.65. The van der Waals surface area contributed by atoms with Gasteiger partial charge in [-0.25, -0.2) is 8.42 Å². The van der Waals surface area contributed by atoms with Crippen LogP contribution in [0.25, 0.3) is 0 Å². The quantitative estimate of drug-likeness (QED) is 0.704. The van der Waals surface area contributed by atoms with Gasteiger partial charge in [0.1, 0.15) is 4.90 Å². The van der Waals surface area contributed by atoms with Crippen LogP contribution >= 0.6 is 0 Å². The first-order chi connectivity index (χ1) is 7.34. The Kier molecular flexibility index (Phi) is 3.69. The van der Waals surface area contributed by atoms with E-state index in [9.17, 15) is 13.2 Å². The molecule has 0 aliphatic heterocycles. The molecule has 0 N–H and O–H groups in total. The van der Waals surface area contributed by atoms with Crippen LogP contribution in [0, 0.1) is 5.92 Å². The number of hydrogen-bond donors (Lipinski definition) is 0. The molecule has 0 spiro atoms. The van der Waals surface area contributed by atoms with Crippen molar-refractivity contribution in [3.8, 4) is 0 Å². The van der Waals surface area contributed by atoms with Gasteiger partial charge in [0.25, 0.3) is 0 Å². The van der Waals surface area contributed by atoms with Gasteiger partial charge in [0.05, 0.1) is 25.8 Å². The van der Waals surface area contributed by atoms with Crippen molar-refractivity contribution in [1.29, 1.82) is 0 Å². The molecule has 0 aromatic carbocycles. The summed E-state index contributed by atoms with van der Waals surface area (Å²) in [5, 5.41) is 3.87. The van der Waals surface area contributed by atoms with E-state index >= 15 is 0 Å². The zero-order valence-electron chi connectivity index (χ0n) is 9.37. The third-order valence-electron chi connectivity index (χ3n) is 2.10. The summed E-state index contributed by atoms with van der Waals surface area (Å²) in [6.45, 7) is 1.98. The van der Waals surface area contributed by atoms with Crippen LogP contribution in [0.1, 0.15) is 6.92 Å². The van der Waals surface area contributed by atoms with E-state index in [-0.39, 0.29) is 16.8 Å². The minimum Gasteiger partial charge on any atom is -0.469 e. The van der Waals surface area contributed by atoms with E-state index in [2.05, 4.69) is 9.84 Å².